The van der Waals surface area contributed by atoms with Crippen LogP contribution in [0.5, 0.6) is 0 Å². The first-order chi connectivity index (χ1) is 6.81. The van der Waals surface area contributed by atoms with Gasteiger partial charge in [-0.3, -0.25) is 0 Å². The minimum atomic E-state index is -1.65. The van der Waals surface area contributed by atoms with Crippen LogP contribution in [0.1, 0.15) is 53.4 Å². The highest BCUT2D eigenvalue weighted by Gasteiger charge is 2.38. The van der Waals surface area contributed by atoms with E-state index in [1.165, 1.54) is 19.3 Å². The molecule has 2 heteroatoms. The number of hydrogen-bond donors (Lipinski definition) is 0. The zero-order valence-corrected chi connectivity index (χ0v) is 12.2. The first-order valence-electron chi connectivity index (χ1n) is 5.97. The molecule has 0 aromatic carbocycles. The van der Waals surface area contributed by atoms with E-state index < -0.39 is 8.32 Å². The molecular formula is C13H26OSi. The fourth-order valence-corrected chi connectivity index (χ4v) is 1.46. The van der Waals surface area contributed by atoms with Crippen molar-refractivity contribution in [1.29, 1.82) is 0 Å². The molecule has 0 heterocycles. The Balaban J connectivity index is 3.93. The van der Waals surface area contributed by atoms with Gasteiger partial charge in [-0.05, 0) is 24.6 Å². The highest BCUT2D eigenvalue weighted by atomic mass is 28.4. The van der Waals surface area contributed by atoms with Crippen molar-refractivity contribution < 1.29 is 4.43 Å². The van der Waals surface area contributed by atoms with Crippen LogP contribution in [-0.2, 0) is 4.43 Å². The fourth-order valence-electron chi connectivity index (χ4n) is 0.831. The topological polar surface area (TPSA) is 9.23 Å². The van der Waals surface area contributed by atoms with Crippen LogP contribution in [-0.4, -0.2) is 8.32 Å². The third-order valence-corrected chi connectivity index (χ3v) is 7.31. The van der Waals surface area contributed by atoms with Crippen molar-refractivity contribution >= 4 is 8.32 Å². The van der Waals surface area contributed by atoms with E-state index in [1.54, 1.807) is 0 Å². The van der Waals surface area contributed by atoms with Crippen LogP contribution in [0, 0.1) is 12.0 Å². The largest absolute Gasteiger partial charge is 0.500 e. The summed E-state index contributed by atoms with van der Waals surface area (Å²) >= 11 is 0. The zero-order chi connectivity index (χ0) is 11.9. The smallest absolute Gasteiger partial charge is 0.264 e. The molecule has 0 N–H and O–H groups in total. The summed E-state index contributed by atoms with van der Waals surface area (Å²) in [5, 5.41) is 0.255. The summed E-state index contributed by atoms with van der Waals surface area (Å²) in [7, 11) is -1.65. The zero-order valence-electron chi connectivity index (χ0n) is 11.2. The highest BCUT2D eigenvalue weighted by molar-refractivity contribution is 6.74. The Morgan fingerprint density at radius 2 is 1.73 bits per heavy atom. The standard InChI is InChI=1S/C13H26OSi/c1-7-8-9-10-11-12-14-15(5,6)13(2,3)4/h7-10H2,1-6H3. The lowest BCUT2D eigenvalue weighted by Gasteiger charge is -2.33. The van der Waals surface area contributed by atoms with E-state index in [4.69, 9.17) is 4.43 Å². The lowest BCUT2D eigenvalue weighted by molar-refractivity contribution is 0.460. The Hall–Kier alpha value is -0.423. The number of rotatable bonds is 4. The molecule has 1 nitrogen and oxygen atoms in total. The molecule has 0 atom stereocenters. The summed E-state index contributed by atoms with van der Waals surface area (Å²) in [6.07, 6.45) is 7.60. The molecule has 0 aliphatic rings. The van der Waals surface area contributed by atoms with Gasteiger partial charge in [-0.2, -0.15) is 0 Å². The predicted molar refractivity (Wildman–Crippen MR) is 70.2 cm³/mol. The fraction of sp³-hybridized carbons (Fsp3) is 0.846. The molecule has 0 spiro atoms. The predicted octanol–water partition coefficient (Wildman–Crippen LogP) is 4.55. The average Bonchev–Trinajstić information content (AvgIpc) is 2.09. The van der Waals surface area contributed by atoms with Crippen LogP contribution in [0.2, 0.25) is 18.1 Å². The van der Waals surface area contributed by atoms with Gasteiger partial charge >= 0.3 is 0 Å². The van der Waals surface area contributed by atoms with E-state index in [-0.39, 0.29) is 5.04 Å². The van der Waals surface area contributed by atoms with Crippen molar-refractivity contribution in [2.24, 2.45) is 0 Å². The Morgan fingerprint density at radius 1 is 1.13 bits per heavy atom. The molecule has 0 fully saturated rings. The van der Waals surface area contributed by atoms with Crippen molar-refractivity contribution in [1.82, 2.24) is 0 Å². The van der Waals surface area contributed by atoms with Gasteiger partial charge in [0, 0.05) is 6.42 Å². The van der Waals surface area contributed by atoms with Gasteiger partial charge in [0.2, 0.25) is 0 Å². The Bertz CT molecular complexity index is 227. The first kappa shape index (κ1) is 14.6. The lowest BCUT2D eigenvalue weighted by Crippen LogP contribution is -2.39. The second-order valence-corrected chi connectivity index (χ2v) is 10.3. The van der Waals surface area contributed by atoms with Gasteiger partial charge in [0.15, 0.2) is 0 Å². The van der Waals surface area contributed by atoms with E-state index >= 15 is 0 Å². The van der Waals surface area contributed by atoms with Gasteiger partial charge in [0.1, 0.15) is 0 Å². The monoisotopic (exact) mass is 226 g/mol. The van der Waals surface area contributed by atoms with Gasteiger partial charge in [0.25, 0.3) is 8.32 Å². The molecule has 0 unspecified atom stereocenters. The molecule has 0 aliphatic heterocycles. The summed E-state index contributed by atoms with van der Waals surface area (Å²) in [6.45, 7) is 13.4. The maximum absolute atomic E-state index is 5.75. The molecule has 0 bridgehead atoms. The molecule has 0 saturated heterocycles. The molecule has 15 heavy (non-hydrogen) atoms. The third kappa shape index (κ3) is 5.89. The lowest BCUT2D eigenvalue weighted by atomic mass is 10.2. The summed E-state index contributed by atoms with van der Waals surface area (Å²) in [5.41, 5.74) is 0. The number of hydrogen-bond acceptors (Lipinski definition) is 1. The van der Waals surface area contributed by atoms with Gasteiger partial charge in [0.05, 0.1) is 6.11 Å². The van der Waals surface area contributed by atoms with E-state index in [1.807, 2.05) is 0 Å². The summed E-state index contributed by atoms with van der Waals surface area (Å²) in [4.78, 5) is 0. The van der Waals surface area contributed by atoms with E-state index in [2.05, 4.69) is 52.8 Å². The molecule has 0 rings (SSSR count). The summed E-state index contributed by atoms with van der Waals surface area (Å²) in [5.74, 6) is 3.11. The van der Waals surface area contributed by atoms with Crippen molar-refractivity contribution in [2.75, 3.05) is 0 Å². The van der Waals surface area contributed by atoms with Crippen LogP contribution < -0.4 is 0 Å². The molecule has 0 aliphatic carbocycles. The van der Waals surface area contributed by atoms with Crippen molar-refractivity contribution in [3.8, 4) is 12.0 Å². The Labute approximate surface area is 96.7 Å². The van der Waals surface area contributed by atoms with Crippen molar-refractivity contribution in [3.05, 3.63) is 0 Å². The van der Waals surface area contributed by atoms with E-state index in [9.17, 15) is 0 Å². The van der Waals surface area contributed by atoms with Crippen LogP contribution in [0.25, 0.3) is 0 Å². The van der Waals surface area contributed by atoms with Gasteiger partial charge in [-0.25, -0.2) is 0 Å². The molecule has 88 valence electrons. The number of unbranched alkanes of at least 4 members (excludes halogenated alkanes) is 3. The van der Waals surface area contributed by atoms with Gasteiger partial charge < -0.3 is 4.43 Å². The van der Waals surface area contributed by atoms with E-state index in [0.29, 0.717) is 0 Å². The van der Waals surface area contributed by atoms with Gasteiger partial charge in [-0.15, -0.1) is 0 Å². The summed E-state index contributed by atoms with van der Waals surface area (Å²) in [6, 6.07) is 0. The normalized spacial score (nSPS) is 11.9. The SMILES string of the molecule is CCCCCC#CO[Si](C)(C)C(C)(C)C. The molecule has 0 amide bonds. The maximum Gasteiger partial charge on any atom is 0.264 e. The minimum absolute atomic E-state index is 0.255. The molecule has 0 aromatic heterocycles. The van der Waals surface area contributed by atoms with Crippen LogP contribution in [0.15, 0.2) is 0 Å². The highest BCUT2D eigenvalue weighted by Crippen LogP contribution is 2.36. The Kier molecular flexibility index (Phi) is 6.05. The minimum Gasteiger partial charge on any atom is -0.500 e. The summed E-state index contributed by atoms with van der Waals surface area (Å²) < 4.78 is 5.75. The first-order valence-corrected chi connectivity index (χ1v) is 8.88. The second-order valence-electron chi connectivity index (χ2n) is 5.60. The van der Waals surface area contributed by atoms with Crippen molar-refractivity contribution in [2.45, 2.75) is 71.5 Å². The second kappa shape index (κ2) is 6.22. The van der Waals surface area contributed by atoms with Crippen LogP contribution in [0.4, 0.5) is 0 Å². The molecule has 0 saturated carbocycles. The van der Waals surface area contributed by atoms with Gasteiger partial charge in [-0.1, -0.05) is 46.5 Å². The van der Waals surface area contributed by atoms with E-state index in [0.717, 1.165) is 6.42 Å². The third-order valence-electron chi connectivity index (χ3n) is 3.09. The molecular weight excluding hydrogens is 200 g/mol. The Morgan fingerprint density at radius 3 is 2.20 bits per heavy atom. The van der Waals surface area contributed by atoms with Crippen molar-refractivity contribution in [3.63, 3.8) is 0 Å². The molecule has 0 aromatic rings. The molecule has 0 radical (unpaired) electrons. The average molecular weight is 226 g/mol. The maximum atomic E-state index is 5.75. The van der Waals surface area contributed by atoms with Crippen LogP contribution >= 0.6 is 0 Å². The van der Waals surface area contributed by atoms with Crippen LogP contribution in [0.3, 0.4) is 0 Å². The quantitative estimate of drug-likeness (QED) is 0.388.